The normalized spacial score (nSPS) is 9.80. The number of amides is 1. The predicted octanol–water partition coefficient (Wildman–Crippen LogP) is 0.970. The minimum Gasteiger partial charge on any atom is -0.384 e. The molecule has 0 aliphatic heterocycles. The quantitative estimate of drug-likeness (QED) is 0.656. The van der Waals surface area contributed by atoms with Crippen LogP contribution in [0.25, 0.3) is 0 Å². The number of hydrogen-bond acceptors (Lipinski definition) is 5. The molecule has 0 saturated carbocycles. The Balaban J connectivity index is 3.28. The molecule has 0 unspecified atom stereocenters. The van der Waals surface area contributed by atoms with Gasteiger partial charge in [0.1, 0.15) is 29.1 Å². The van der Waals surface area contributed by atoms with E-state index in [1.54, 1.807) is 12.1 Å². The lowest BCUT2D eigenvalue weighted by molar-refractivity contribution is -0.116. The first-order chi connectivity index (χ1) is 7.10. The van der Waals surface area contributed by atoms with Crippen LogP contribution in [-0.4, -0.2) is 10.9 Å². The molecular weight excluding hydrogens is 196 g/mol. The number of aromatic amines is 1. The second-order valence-electron chi connectivity index (χ2n) is 2.58. The van der Waals surface area contributed by atoms with Crippen molar-refractivity contribution < 1.29 is 4.79 Å². The number of azo groups is 1. The number of carbonyl (C=O) groups excluding carboxylic acids is 1. The van der Waals surface area contributed by atoms with Gasteiger partial charge in [0.25, 0.3) is 5.91 Å². The first kappa shape index (κ1) is 10.4. The fourth-order valence-electron chi connectivity index (χ4n) is 0.926. The summed E-state index contributed by atoms with van der Waals surface area (Å²) in [7, 11) is 0. The Morgan fingerprint density at radius 1 is 1.40 bits per heavy atom. The highest BCUT2D eigenvalue weighted by Gasteiger charge is 2.15. The molecular formula is C8H6N6O. The Kier molecular flexibility index (Phi) is 2.79. The van der Waals surface area contributed by atoms with Gasteiger partial charge in [0.2, 0.25) is 0 Å². The minimum atomic E-state index is -0.509. The van der Waals surface area contributed by atoms with Crippen molar-refractivity contribution in [1.82, 2.24) is 4.98 Å². The van der Waals surface area contributed by atoms with Crippen molar-refractivity contribution in [3.8, 4) is 12.1 Å². The van der Waals surface area contributed by atoms with Crippen LogP contribution in [0.5, 0.6) is 0 Å². The van der Waals surface area contributed by atoms with Gasteiger partial charge in [0.15, 0.2) is 5.82 Å². The van der Waals surface area contributed by atoms with Gasteiger partial charge in [-0.05, 0) is 0 Å². The largest absolute Gasteiger partial charge is 0.384 e. The van der Waals surface area contributed by atoms with Crippen molar-refractivity contribution in [2.45, 2.75) is 6.92 Å². The molecule has 7 nitrogen and oxygen atoms in total. The van der Waals surface area contributed by atoms with Gasteiger partial charge < -0.3 is 10.7 Å². The zero-order chi connectivity index (χ0) is 11.4. The molecule has 1 rings (SSSR count). The second kappa shape index (κ2) is 4.03. The molecule has 0 radical (unpaired) electrons. The molecule has 0 atom stereocenters. The van der Waals surface area contributed by atoms with E-state index < -0.39 is 5.91 Å². The molecule has 74 valence electrons. The standard InChI is InChI=1S/C8H6N6O/c1-4(15)13-14-8-6(3-10)5(2-9)7(11)12-8/h12H,11H2,1H3. The van der Waals surface area contributed by atoms with Crippen LogP contribution >= 0.6 is 0 Å². The van der Waals surface area contributed by atoms with Gasteiger partial charge in [-0.2, -0.15) is 10.5 Å². The number of anilines is 1. The first-order valence-electron chi connectivity index (χ1n) is 3.84. The summed E-state index contributed by atoms with van der Waals surface area (Å²) in [6.07, 6.45) is 0. The molecule has 0 saturated heterocycles. The molecule has 7 heteroatoms. The van der Waals surface area contributed by atoms with Crippen molar-refractivity contribution in [3.05, 3.63) is 11.1 Å². The number of nitrogens with two attached hydrogens (primary N) is 1. The second-order valence-corrected chi connectivity index (χ2v) is 2.58. The highest BCUT2D eigenvalue weighted by Crippen LogP contribution is 2.26. The third kappa shape index (κ3) is 1.98. The van der Waals surface area contributed by atoms with Gasteiger partial charge in [-0.1, -0.05) is 0 Å². The van der Waals surface area contributed by atoms with Crippen molar-refractivity contribution in [2.24, 2.45) is 10.2 Å². The SMILES string of the molecule is CC(=O)N=Nc1[nH]c(N)c(C#N)c1C#N. The van der Waals surface area contributed by atoms with Crippen molar-refractivity contribution in [1.29, 1.82) is 10.5 Å². The van der Waals surface area contributed by atoms with Crippen LogP contribution in [0, 0.1) is 22.7 Å². The molecule has 1 aromatic rings. The first-order valence-corrected chi connectivity index (χ1v) is 3.84. The molecule has 1 heterocycles. The molecule has 15 heavy (non-hydrogen) atoms. The maximum atomic E-state index is 10.5. The lowest BCUT2D eigenvalue weighted by Crippen LogP contribution is -1.87. The van der Waals surface area contributed by atoms with Gasteiger partial charge in [0, 0.05) is 6.92 Å². The summed E-state index contributed by atoms with van der Waals surface area (Å²) in [4.78, 5) is 13.0. The fraction of sp³-hybridized carbons (Fsp3) is 0.125. The van der Waals surface area contributed by atoms with E-state index in [9.17, 15) is 4.79 Å². The molecule has 1 aromatic heterocycles. The van der Waals surface area contributed by atoms with E-state index in [2.05, 4.69) is 15.2 Å². The number of carbonyl (C=O) groups is 1. The third-order valence-corrected chi connectivity index (χ3v) is 1.52. The number of H-pyrrole nitrogens is 1. The van der Waals surface area contributed by atoms with Crippen molar-refractivity contribution in [3.63, 3.8) is 0 Å². The Morgan fingerprint density at radius 2 is 2.00 bits per heavy atom. The van der Waals surface area contributed by atoms with E-state index in [1.807, 2.05) is 0 Å². The van der Waals surface area contributed by atoms with Crippen LogP contribution in [0.1, 0.15) is 18.1 Å². The zero-order valence-corrected chi connectivity index (χ0v) is 7.77. The summed E-state index contributed by atoms with van der Waals surface area (Å²) in [6, 6.07) is 3.52. The van der Waals surface area contributed by atoms with Gasteiger partial charge in [-0.25, -0.2) is 0 Å². The van der Waals surface area contributed by atoms with Crippen molar-refractivity contribution >= 4 is 17.5 Å². The maximum absolute atomic E-state index is 10.5. The molecule has 0 spiro atoms. The summed E-state index contributed by atoms with van der Waals surface area (Å²) < 4.78 is 0. The van der Waals surface area contributed by atoms with Gasteiger partial charge in [-0.3, -0.25) is 4.79 Å². The van der Waals surface area contributed by atoms with E-state index in [1.165, 1.54) is 6.92 Å². The monoisotopic (exact) mass is 202 g/mol. The minimum absolute atomic E-state index is 0.00926. The predicted molar refractivity (Wildman–Crippen MR) is 49.8 cm³/mol. The van der Waals surface area contributed by atoms with Crippen LogP contribution < -0.4 is 5.73 Å². The number of hydrogen-bond donors (Lipinski definition) is 2. The molecule has 0 aliphatic carbocycles. The average molecular weight is 202 g/mol. The highest BCUT2D eigenvalue weighted by molar-refractivity contribution is 5.74. The number of rotatable bonds is 1. The summed E-state index contributed by atoms with van der Waals surface area (Å²) >= 11 is 0. The summed E-state index contributed by atoms with van der Waals surface area (Å²) in [5.74, 6) is -0.459. The van der Waals surface area contributed by atoms with E-state index in [0.717, 1.165) is 0 Å². The molecule has 0 fully saturated rings. The lowest BCUT2D eigenvalue weighted by Gasteiger charge is -1.84. The number of nitrogens with zero attached hydrogens (tertiary/aromatic N) is 4. The Morgan fingerprint density at radius 3 is 2.47 bits per heavy atom. The Bertz CT molecular complexity index is 512. The van der Waals surface area contributed by atoms with Crippen LogP contribution in [0.4, 0.5) is 11.6 Å². The topological polar surface area (TPSA) is 131 Å². The summed E-state index contributed by atoms with van der Waals surface area (Å²) in [6.45, 7) is 1.22. The molecule has 0 bridgehead atoms. The maximum Gasteiger partial charge on any atom is 0.261 e. The average Bonchev–Trinajstić information content (AvgIpc) is 2.50. The molecule has 0 aromatic carbocycles. The fourth-order valence-corrected chi connectivity index (χ4v) is 0.926. The van der Waals surface area contributed by atoms with Crippen LogP contribution in [0.2, 0.25) is 0 Å². The summed E-state index contributed by atoms with van der Waals surface area (Å²) in [5.41, 5.74) is 5.41. The van der Waals surface area contributed by atoms with E-state index in [0.29, 0.717) is 0 Å². The number of nitrogen functional groups attached to an aromatic ring is 1. The van der Waals surface area contributed by atoms with E-state index in [4.69, 9.17) is 16.3 Å². The summed E-state index contributed by atoms with van der Waals surface area (Å²) in [5, 5.41) is 24.1. The third-order valence-electron chi connectivity index (χ3n) is 1.52. The smallest absolute Gasteiger partial charge is 0.261 e. The van der Waals surface area contributed by atoms with Crippen LogP contribution in [0.15, 0.2) is 10.2 Å². The van der Waals surface area contributed by atoms with Gasteiger partial charge >= 0.3 is 0 Å². The van der Waals surface area contributed by atoms with Crippen molar-refractivity contribution in [2.75, 3.05) is 5.73 Å². The highest BCUT2D eigenvalue weighted by atomic mass is 16.1. The number of nitrogens with one attached hydrogen (secondary N) is 1. The zero-order valence-electron chi connectivity index (χ0n) is 7.77. The number of aromatic nitrogens is 1. The van der Waals surface area contributed by atoms with Crippen LogP contribution in [-0.2, 0) is 4.79 Å². The Labute approximate surface area is 84.8 Å². The van der Waals surface area contributed by atoms with Crippen LogP contribution in [0.3, 0.4) is 0 Å². The lowest BCUT2D eigenvalue weighted by atomic mass is 10.2. The molecule has 0 aliphatic rings. The number of nitriles is 2. The molecule has 1 amide bonds. The Hall–Kier alpha value is -2.67. The van der Waals surface area contributed by atoms with E-state index in [-0.39, 0.29) is 22.8 Å². The van der Waals surface area contributed by atoms with E-state index >= 15 is 0 Å². The van der Waals surface area contributed by atoms with Gasteiger partial charge in [-0.15, -0.1) is 10.2 Å². The molecule has 3 N–H and O–H groups in total. The van der Waals surface area contributed by atoms with Gasteiger partial charge in [0.05, 0.1) is 0 Å².